The fourth-order valence-electron chi connectivity index (χ4n) is 2.95. The van der Waals surface area contributed by atoms with E-state index in [4.69, 9.17) is 0 Å². The van der Waals surface area contributed by atoms with Crippen LogP contribution in [0, 0.1) is 11.3 Å². The minimum absolute atomic E-state index is 0.361. The first-order valence-electron chi connectivity index (χ1n) is 7.72. The fraction of sp³-hybridized carbons (Fsp3) is 1.00. The van der Waals surface area contributed by atoms with E-state index >= 15 is 0 Å². The van der Waals surface area contributed by atoms with Gasteiger partial charge in [0, 0.05) is 32.3 Å². The molecule has 1 heterocycles. The van der Waals surface area contributed by atoms with Gasteiger partial charge < -0.3 is 15.3 Å². The van der Waals surface area contributed by atoms with Gasteiger partial charge in [-0.05, 0) is 50.0 Å². The molecule has 0 radical (unpaired) electrons. The first kappa shape index (κ1) is 14.3. The van der Waals surface area contributed by atoms with Gasteiger partial charge in [0.05, 0.1) is 0 Å². The van der Waals surface area contributed by atoms with Gasteiger partial charge in [0.25, 0.3) is 0 Å². The molecule has 2 fully saturated rings. The zero-order chi connectivity index (χ0) is 13.0. The van der Waals surface area contributed by atoms with Gasteiger partial charge in [-0.1, -0.05) is 13.8 Å². The van der Waals surface area contributed by atoms with E-state index < -0.39 is 0 Å². The van der Waals surface area contributed by atoms with Gasteiger partial charge in [-0.3, -0.25) is 0 Å². The summed E-state index contributed by atoms with van der Waals surface area (Å²) in [7, 11) is 0. The van der Waals surface area contributed by atoms with E-state index in [-0.39, 0.29) is 0 Å². The quantitative estimate of drug-likeness (QED) is 0.728. The maximum absolute atomic E-state index is 9.31. The Morgan fingerprint density at radius 3 is 2.72 bits per heavy atom. The van der Waals surface area contributed by atoms with Crippen molar-refractivity contribution in [3.8, 4) is 0 Å². The molecule has 2 atom stereocenters. The van der Waals surface area contributed by atoms with Crippen molar-refractivity contribution in [3.05, 3.63) is 0 Å². The molecule has 0 aromatic rings. The molecule has 3 nitrogen and oxygen atoms in total. The van der Waals surface area contributed by atoms with Crippen LogP contribution in [0.2, 0.25) is 0 Å². The Morgan fingerprint density at radius 1 is 1.33 bits per heavy atom. The van der Waals surface area contributed by atoms with Gasteiger partial charge in [0.2, 0.25) is 0 Å². The summed E-state index contributed by atoms with van der Waals surface area (Å²) in [6.07, 6.45) is 6.43. The second-order valence-electron chi connectivity index (χ2n) is 6.75. The minimum atomic E-state index is 0.361. The van der Waals surface area contributed by atoms with E-state index in [0.29, 0.717) is 17.9 Å². The third-order valence-electron chi connectivity index (χ3n) is 4.72. The SMILES string of the molecule is CCC(C)(CNC1CC1)CN1CCCC(CO)C1. The molecule has 2 unspecified atom stereocenters. The normalized spacial score (nSPS) is 29.2. The van der Waals surface area contributed by atoms with E-state index in [1.54, 1.807) is 0 Å². The van der Waals surface area contributed by atoms with Crippen LogP contribution in [0.5, 0.6) is 0 Å². The molecule has 18 heavy (non-hydrogen) atoms. The largest absolute Gasteiger partial charge is 0.396 e. The molecular formula is C15H30N2O. The summed E-state index contributed by atoms with van der Waals surface area (Å²) < 4.78 is 0. The zero-order valence-electron chi connectivity index (χ0n) is 12.1. The number of likely N-dealkylation sites (tertiary alicyclic amines) is 1. The van der Waals surface area contributed by atoms with Crippen molar-refractivity contribution in [1.82, 2.24) is 10.2 Å². The maximum atomic E-state index is 9.31. The number of aliphatic hydroxyl groups excluding tert-OH is 1. The third kappa shape index (κ3) is 4.22. The molecule has 2 aliphatic rings. The second kappa shape index (κ2) is 6.36. The Bertz CT molecular complexity index is 255. The number of rotatable bonds is 7. The maximum Gasteiger partial charge on any atom is 0.0471 e. The van der Waals surface area contributed by atoms with E-state index in [9.17, 15) is 5.11 Å². The van der Waals surface area contributed by atoms with E-state index in [0.717, 1.165) is 19.1 Å². The van der Waals surface area contributed by atoms with Gasteiger partial charge in [0.15, 0.2) is 0 Å². The van der Waals surface area contributed by atoms with E-state index in [1.165, 1.54) is 45.2 Å². The summed E-state index contributed by atoms with van der Waals surface area (Å²) in [5.74, 6) is 0.510. The van der Waals surface area contributed by atoms with Crippen molar-refractivity contribution in [2.45, 2.75) is 52.0 Å². The third-order valence-corrected chi connectivity index (χ3v) is 4.72. The van der Waals surface area contributed by atoms with Crippen molar-refractivity contribution in [2.75, 3.05) is 32.8 Å². The van der Waals surface area contributed by atoms with Crippen LogP contribution >= 0.6 is 0 Å². The molecule has 3 heteroatoms. The lowest BCUT2D eigenvalue weighted by Gasteiger charge is -2.39. The molecule has 0 aromatic carbocycles. The molecule has 106 valence electrons. The van der Waals surface area contributed by atoms with Gasteiger partial charge in [-0.25, -0.2) is 0 Å². The average Bonchev–Trinajstić information content (AvgIpc) is 3.21. The number of hydrogen-bond donors (Lipinski definition) is 2. The first-order valence-corrected chi connectivity index (χ1v) is 7.72. The van der Waals surface area contributed by atoms with Crippen LogP contribution in [0.1, 0.15) is 46.0 Å². The highest BCUT2D eigenvalue weighted by Gasteiger charge is 2.30. The number of aliphatic hydroxyl groups is 1. The van der Waals surface area contributed by atoms with Crippen LogP contribution in [0.15, 0.2) is 0 Å². The van der Waals surface area contributed by atoms with Gasteiger partial charge >= 0.3 is 0 Å². The lowest BCUT2D eigenvalue weighted by molar-refractivity contribution is 0.0814. The Labute approximate surface area is 112 Å². The van der Waals surface area contributed by atoms with E-state index in [2.05, 4.69) is 24.1 Å². The Kier molecular flexibility index (Phi) is 5.05. The van der Waals surface area contributed by atoms with Crippen LogP contribution in [0.4, 0.5) is 0 Å². The molecular weight excluding hydrogens is 224 g/mol. The molecule has 0 bridgehead atoms. The van der Waals surface area contributed by atoms with Crippen molar-refractivity contribution >= 4 is 0 Å². The number of nitrogens with zero attached hydrogens (tertiary/aromatic N) is 1. The molecule has 0 aromatic heterocycles. The summed E-state index contributed by atoms with van der Waals surface area (Å²) in [5, 5.41) is 13.0. The molecule has 0 amide bonds. The highest BCUT2D eigenvalue weighted by molar-refractivity contribution is 4.87. The summed E-state index contributed by atoms with van der Waals surface area (Å²) in [5.41, 5.74) is 0.389. The van der Waals surface area contributed by atoms with Crippen molar-refractivity contribution in [3.63, 3.8) is 0 Å². The Hall–Kier alpha value is -0.120. The van der Waals surface area contributed by atoms with Crippen molar-refractivity contribution < 1.29 is 5.11 Å². The predicted molar refractivity (Wildman–Crippen MR) is 75.7 cm³/mol. The summed E-state index contributed by atoms with van der Waals surface area (Å²) in [6, 6.07) is 0.808. The number of nitrogens with one attached hydrogen (secondary N) is 1. The van der Waals surface area contributed by atoms with Crippen LogP contribution in [-0.4, -0.2) is 48.8 Å². The predicted octanol–water partition coefficient (Wildman–Crippen LogP) is 1.86. The van der Waals surface area contributed by atoms with Crippen LogP contribution in [0.3, 0.4) is 0 Å². The smallest absolute Gasteiger partial charge is 0.0471 e. The van der Waals surface area contributed by atoms with E-state index in [1.807, 2.05) is 0 Å². The molecule has 1 saturated carbocycles. The monoisotopic (exact) mass is 254 g/mol. The first-order chi connectivity index (χ1) is 8.65. The second-order valence-corrected chi connectivity index (χ2v) is 6.75. The van der Waals surface area contributed by atoms with Crippen LogP contribution in [-0.2, 0) is 0 Å². The molecule has 1 saturated heterocycles. The number of piperidine rings is 1. The summed E-state index contributed by atoms with van der Waals surface area (Å²) in [6.45, 7) is 9.71. The topological polar surface area (TPSA) is 35.5 Å². The highest BCUT2D eigenvalue weighted by atomic mass is 16.3. The molecule has 0 spiro atoms. The van der Waals surface area contributed by atoms with Crippen LogP contribution in [0.25, 0.3) is 0 Å². The fourth-order valence-corrected chi connectivity index (χ4v) is 2.95. The Morgan fingerprint density at radius 2 is 2.11 bits per heavy atom. The number of hydrogen-bond acceptors (Lipinski definition) is 3. The Balaban J connectivity index is 1.79. The molecule has 2 rings (SSSR count). The summed E-state index contributed by atoms with van der Waals surface area (Å²) >= 11 is 0. The molecule has 1 aliphatic carbocycles. The van der Waals surface area contributed by atoms with Gasteiger partial charge in [-0.15, -0.1) is 0 Å². The lowest BCUT2D eigenvalue weighted by Crippen LogP contribution is -2.46. The minimum Gasteiger partial charge on any atom is -0.396 e. The van der Waals surface area contributed by atoms with Crippen LogP contribution < -0.4 is 5.32 Å². The summed E-state index contributed by atoms with van der Waals surface area (Å²) in [4.78, 5) is 2.57. The van der Waals surface area contributed by atoms with Crippen molar-refractivity contribution in [2.24, 2.45) is 11.3 Å². The molecule has 2 N–H and O–H groups in total. The lowest BCUT2D eigenvalue weighted by atomic mass is 9.85. The zero-order valence-corrected chi connectivity index (χ0v) is 12.1. The van der Waals surface area contributed by atoms with Gasteiger partial charge in [0.1, 0.15) is 0 Å². The van der Waals surface area contributed by atoms with Crippen molar-refractivity contribution in [1.29, 1.82) is 0 Å². The highest BCUT2D eigenvalue weighted by Crippen LogP contribution is 2.27. The standard InChI is InChI=1S/C15H30N2O/c1-3-15(2,11-16-14-6-7-14)12-17-8-4-5-13(9-17)10-18/h13-14,16,18H,3-12H2,1-2H3. The molecule has 1 aliphatic heterocycles. The average molecular weight is 254 g/mol. The van der Waals surface area contributed by atoms with Gasteiger partial charge in [-0.2, -0.15) is 0 Å².